The second kappa shape index (κ2) is 8.83. The summed E-state index contributed by atoms with van der Waals surface area (Å²) in [6, 6.07) is 10.0. The Hall–Kier alpha value is -3.59. The third-order valence-electron chi connectivity index (χ3n) is 4.77. The first kappa shape index (κ1) is 21.1. The van der Waals surface area contributed by atoms with Crippen molar-refractivity contribution < 1.29 is 28.8 Å². The maximum Gasteiger partial charge on any atom is 0.338 e. The van der Waals surface area contributed by atoms with Crippen molar-refractivity contribution in [2.45, 2.75) is 19.4 Å². The van der Waals surface area contributed by atoms with Gasteiger partial charge in [0.15, 0.2) is 0 Å². The average molecular weight is 412 g/mol. The minimum atomic E-state index is -0.742. The van der Waals surface area contributed by atoms with Gasteiger partial charge in [-0.25, -0.2) is 4.79 Å². The molecule has 0 aromatic heterocycles. The summed E-state index contributed by atoms with van der Waals surface area (Å²) in [5.74, 6) is -1.57. The Balaban J connectivity index is 1.75. The van der Waals surface area contributed by atoms with Crippen LogP contribution in [0.15, 0.2) is 42.5 Å². The number of carbonyl (C=O) groups is 3. The zero-order valence-electron chi connectivity index (χ0n) is 16.5. The number of hydrogen-bond acceptors (Lipinski definition) is 7. The Morgan fingerprint density at radius 1 is 1.13 bits per heavy atom. The standard InChI is InChI=1S/C21H20N2O7/c1-13(14-5-3-6-16(11-14)23(27)28)30-21(26)15-7-8-17-18(12-15)20(25)22(19(17)24)9-4-10-29-2/h3,5-8,11-13H,4,9-10H2,1-2H3/t13-/m1/s1. The number of nitro groups is 1. The number of fused-ring (bicyclic) bond motifs is 1. The van der Waals surface area contributed by atoms with E-state index >= 15 is 0 Å². The Morgan fingerprint density at radius 3 is 2.57 bits per heavy atom. The first-order valence-corrected chi connectivity index (χ1v) is 9.28. The Labute approximate surface area is 172 Å². The van der Waals surface area contributed by atoms with Crippen LogP contribution >= 0.6 is 0 Å². The number of benzene rings is 2. The predicted octanol–water partition coefficient (Wildman–Crippen LogP) is 3.15. The average Bonchev–Trinajstić information content (AvgIpc) is 2.98. The summed E-state index contributed by atoms with van der Waals surface area (Å²) < 4.78 is 10.3. The van der Waals surface area contributed by atoms with Crippen molar-refractivity contribution in [2.24, 2.45) is 0 Å². The first-order chi connectivity index (χ1) is 14.3. The summed E-state index contributed by atoms with van der Waals surface area (Å²) >= 11 is 0. The van der Waals surface area contributed by atoms with E-state index in [1.807, 2.05) is 0 Å². The van der Waals surface area contributed by atoms with Crippen LogP contribution in [0.3, 0.4) is 0 Å². The second-order valence-corrected chi connectivity index (χ2v) is 6.77. The van der Waals surface area contributed by atoms with Gasteiger partial charge in [0.25, 0.3) is 17.5 Å². The van der Waals surface area contributed by atoms with Gasteiger partial charge in [-0.05, 0) is 37.1 Å². The van der Waals surface area contributed by atoms with E-state index in [-0.39, 0.29) is 28.9 Å². The Morgan fingerprint density at radius 2 is 1.87 bits per heavy atom. The molecular weight excluding hydrogens is 392 g/mol. The molecule has 0 N–H and O–H groups in total. The number of imide groups is 1. The van der Waals surface area contributed by atoms with Crippen molar-refractivity contribution in [1.82, 2.24) is 4.90 Å². The van der Waals surface area contributed by atoms with Crippen LogP contribution in [-0.2, 0) is 9.47 Å². The van der Waals surface area contributed by atoms with Crippen LogP contribution in [0.4, 0.5) is 5.69 Å². The number of carbonyl (C=O) groups excluding carboxylic acids is 3. The largest absolute Gasteiger partial charge is 0.454 e. The van der Waals surface area contributed by atoms with Crippen molar-refractivity contribution in [3.05, 3.63) is 74.8 Å². The van der Waals surface area contributed by atoms with Gasteiger partial charge in [-0.1, -0.05) is 12.1 Å². The van der Waals surface area contributed by atoms with Gasteiger partial charge >= 0.3 is 5.97 Å². The van der Waals surface area contributed by atoms with Crippen molar-refractivity contribution in [1.29, 1.82) is 0 Å². The van der Waals surface area contributed by atoms with Crippen LogP contribution in [0.25, 0.3) is 0 Å². The fourth-order valence-corrected chi connectivity index (χ4v) is 3.18. The highest BCUT2D eigenvalue weighted by Crippen LogP contribution is 2.26. The van der Waals surface area contributed by atoms with Gasteiger partial charge in [0.1, 0.15) is 6.10 Å². The van der Waals surface area contributed by atoms with E-state index < -0.39 is 28.8 Å². The number of hydrogen-bond donors (Lipinski definition) is 0. The first-order valence-electron chi connectivity index (χ1n) is 9.28. The molecule has 0 saturated heterocycles. The number of nitrogens with zero attached hydrogens (tertiary/aromatic N) is 2. The lowest BCUT2D eigenvalue weighted by Crippen LogP contribution is -2.31. The van der Waals surface area contributed by atoms with E-state index in [0.717, 1.165) is 4.90 Å². The molecule has 9 heteroatoms. The quantitative estimate of drug-likeness (QED) is 0.215. The monoisotopic (exact) mass is 412 g/mol. The fourth-order valence-electron chi connectivity index (χ4n) is 3.18. The highest BCUT2D eigenvalue weighted by molar-refractivity contribution is 6.21. The summed E-state index contributed by atoms with van der Waals surface area (Å²) in [5, 5.41) is 10.9. The lowest BCUT2D eigenvalue weighted by atomic mass is 10.1. The third-order valence-corrected chi connectivity index (χ3v) is 4.77. The molecule has 3 rings (SSSR count). The molecule has 30 heavy (non-hydrogen) atoms. The SMILES string of the molecule is COCCCN1C(=O)c2ccc(C(=O)O[C@H](C)c3cccc([N+](=O)[O-])c3)cc2C1=O. The minimum Gasteiger partial charge on any atom is -0.454 e. The van der Waals surface area contributed by atoms with Crippen LogP contribution in [0, 0.1) is 10.1 Å². The molecule has 0 saturated carbocycles. The van der Waals surface area contributed by atoms with Crippen molar-refractivity contribution in [3.8, 4) is 0 Å². The van der Waals surface area contributed by atoms with Crippen molar-refractivity contribution >= 4 is 23.5 Å². The topological polar surface area (TPSA) is 116 Å². The van der Waals surface area contributed by atoms with E-state index in [0.29, 0.717) is 18.6 Å². The number of non-ortho nitro benzene ring substituents is 1. The van der Waals surface area contributed by atoms with Gasteiger partial charge in [-0.15, -0.1) is 0 Å². The van der Waals surface area contributed by atoms with E-state index in [1.54, 1.807) is 13.0 Å². The van der Waals surface area contributed by atoms with Crippen LogP contribution in [0.1, 0.15) is 56.1 Å². The number of methoxy groups -OCH3 is 1. The molecule has 0 spiro atoms. The fraction of sp³-hybridized carbons (Fsp3) is 0.286. The van der Waals surface area contributed by atoms with Gasteiger partial charge < -0.3 is 9.47 Å². The maximum atomic E-state index is 12.6. The zero-order chi connectivity index (χ0) is 21.8. The molecule has 2 aromatic rings. The summed E-state index contributed by atoms with van der Waals surface area (Å²) in [6.07, 6.45) is -0.231. The Bertz CT molecular complexity index is 1020. The van der Waals surface area contributed by atoms with E-state index in [1.165, 1.54) is 43.5 Å². The molecule has 1 aliphatic heterocycles. The maximum absolute atomic E-state index is 12.6. The van der Waals surface area contributed by atoms with Crippen LogP contribution < -0.4 is 0 Å². The summed E-state index contributed by atoms with van der Waals surface area (Å²) in [4.78, 5) is 49.1. The predicted molar refractivity (Wildman–Crippen MR) is 105 cm³/mol. The highest BCUT2D eigenvalue weighted by Gasteiger charge is 2.35. The van der Waals surface area contributed by atoms with E-state index in [9.17, 15) is 24.5 Å². The number of esters is 1. The van der Waals surface area contributed by atoms with Crippen LogP contribution in [0.2, 0.25) is 0 Å². The zero-order valence-corrected chi connectivity index (χ0v) is 16.5. The number of rotatable bonds is 8. The molecule has 9 nitrogen and oxygen atoms in total. The molecule has 0 fully saturated rings. The smallest absolute Gasteiger partial charge is 0.338 e. The van der Waals surface area contributed by atoms with Gasteiger partial charge in [0, 0.05) is 32.4 Å². The number of amides is 2. The van der Waals surface area contributed by atoms with Gasteiger partial charge in [-0.3, -0.25) is 24.6 Å². The minimum absolute atomic E-state index is 0.106. The molecule has 1 aliphatic rings. The second-order valence-electron chi connectivity index (χ2n) is 6.77. The molecule has 2 aromatic carbocycles. The molecule has 156 valence electrons. The molecule has 0 radical (unpaired) electrons. The lowest BCUT2D eigenvalue weighted by Gasteiger charge is -2.14. The lowest BCUT2D eigenvalue weighted by molar-refractivity contribution is -0.385. The molecule has 1 atom stereocenters. The normalized spacial score (nSPS) is 13.9. The van der Waals surface area contributed by atoms with Gasteiger partial charge in [-0.2, -0.15) is 0 Å². The number of nitro benzene ring substituents is 1. The van der Waals surface area contributed by atoms with Gasteiger partial charge in [0.2, 0.25) is 0 Å². The van der Waals surface area contributed by atoms with Crippen molar-refractivity contribution in [2.75, 3.05) is 20.3 Å². The van der Waals surface area contributed by atoms with Crippen LogP contribution in [-0.4, -0.2) is 47.9 Å². The van der Waals surface area contributed by atoms with Crippen LogP contribution in [0.5, 0.6) is 0 Å². The number of ether oxygens (including phenoxy) is 2. The third kappa shape index (κ3) is 4.20. The molecule has 1 heterocycles. The molecule has 0 bridgehead atoms. The van der Waals surface area contributed by atoms with Gasteiger partial charge in [0.05, 0.1) is 21.6 Å². The summed E-state index contributed by atoms with van der Waals surface area (Å²) in [7, 11) is 1.54. The molecular formula is C21H20N2O7. The summed E-state index contributed by atoms with van der Waals surface area (Å²) in [5.41, 5.74) is 0.862. The van der Waals surface area contributed by atoms with E-state index in [2.05, 4.69) is 0 Å². The highest BCUT2D eigenvalue weighted by atomic mass is 16.6. The molecule has 0 aliphatic carbocycles. The van der Waals surface area contributed by atoms with E-state index in [4.69, 9.17) is 9.47 Å². The summed E-state index contributed by atoms with van der Waals surface area (Å²) in [6.45, 7) is 2.24. The molecule has 0 unspecified atom stereocenters. The Kier molecular flexibility index (Phi) is 6.22. The van der Waals surface area contributed by atoms with Crippen molar-refractivity contribution in [3.63, 3.8) is 0 Å². The molecule has 2 amide bonds.